The summed E-state index contributed by atoms with van der Waals surface area (Å²) in [5, 5.41) is 10.4. The molecular weight excluding hydrogens is 280 g/mol. The van der Waals surface area contributed by atoms with Crippen LogP contribution in [0.4, 0.5) is 0 Å². The van der Waals surface area contributed by atoms with Crippen molar-refractivity contribution >= 4 is 22.5 Å². The summed E-state index contributed by atoms with van der Waals surface area (Å²) in [6, 6.07) is 10.9. The van der Waals surface area contributed by atoms with Gasteiger partial charge in [-0.25, -0.2) is 9.36 Å². The lowest BCUT2D eigenvalue weighted by Crippen LogP contribution is -2.33. The highest BCUT2D eigenvalue weighted by molar-refractivity contribution is 6.34. The number of fused-ring (bicyclic) bond motifs is 1. The van der Waals surface area contributed by atoms with Crippen LogP contribution in [0, 0.1) is 0 Å². The van der Waals surface area contributed by atoms with Crippen LogP contribution in [-0.2, 0) is 0 Å². The van der Waals surface area contributed by atoms with Crippen molar-refractivity contribution in [3.05, 3.63) is 68.3 Å². The normalized spacial score (nSPS) is 10.8. The van der Waals surface area contributed by atoms with Gasteiger partial charge in [0.25, 0.3) is 5.56 Å². The molecule has 0 aliphatic heterocycles. The Labute approximate surface area is 117 Å². The fourth-order valence-corrected chi connectivity index (χ4v) is 2.30. The molecule has 20 heavy (non-hydrogen) atoms. The number of aromatic hydroxyl groups is 1. The molecule has 2 N–H and O–H groups in total. The Morgan fingerprint density at radius 2 is 1.80 bits per heavy atom. The lowest BCUT2D eigenvalue weighted by molar-refractivity contribution is 0.471. The van der Waals surface area contributed by atoms with Gasteiger partial charge in [-0.15, -0.1) is 0 Å². The number of phenols is 1. The van der Waals surface area contributed by atoms with Crippen molar-refractivity contribution < 1.29 is 5.11 Å². The second-order valence-corrected chi connectivity index (χ2v) is 4.63. The standard InChI is InChI=1S/C14H9ClN2O3/c15-9-5-3-4-8-12(9)16-14(20)17(13(8)19)10-6-1-2-7-11(10)18/h1-7,18H,(H,16,20). The van der Waals surface area contributed by atoms with Crippen molar-refractivity contribution in [2.45, 2.75) is 0 Å². The van der Waals surface area contributed by atoms with Gasteiger partial charge < -0.3 is 10.1 Å². The van der Waals surface area contributed by atoms with Gasteiger partial charge in [-0.05, 0) is 24.3 Å². The number of halogens is 1. The van der Waals surface area contributed by atoms with E-state index in [2.05, 4.69) is 4.98 Å². The quantitative estimate of drug-likeness (QED) is 0.719. The van der Waals surface area contributed by atoms with Gasteiger partial charge in [0.05, 0.1) is 21.6 Å². The first-order valence-electron chi connectivity index (χ1n) is 5.81. The van der Waals surface area contributed by atoms with Crippen LogP contribution in [0.15, 0.2) is 52.1 Å². The van der Waals surface area contributed by atoms with E-state index in [1.165, 1.54) is 12.1 Å². The number of H-pyrrole nitrogens is 1. The van der Waals surface area contributed by atoms with Crippen molar-refractivity contribution in [2.75, 3.05) is 0 Å². The van der Waals surface area contributed by atoms with Gasteiger partial charge in [0.15, 0.2) is 0 Å². The number of aromatic nitrogens is 2. The van der Waals surface area contributed by atoms with Gasteiger partial charge in [0.1, 0.15) is 5.75 Å². The number of hydrogen-bond donors (Lipinski definition) is 2. The lowest BCUT2D eigenvalue weighted by atomic mass is 10.2. The molecule has 1 heterocycles. The number of hydrogen-bond acceptors (Lipinski definition) is 3. The van der Waals surface area contributed by atoms with Crippen LogP contribution in [0.25, 0.3) is 16.6 Å². The first kappa shape index (κ1) is 12.5. The molecule has 5 nitrogen and oxygen atoms in total. The first-order valence-corrected chi connectivity index (χ1v) is 6.19. The van der Waals surface area contributed by atoms with E-state index in [4.69, 9.17) is 11.6 Å². The highest BCUT2D eigenvalue weighted by Gasteiger charge is 2.13. The monoisotopic (exact) mass is 288 g/mol. The molecule has 0 saturated heterocycles. The fraction of sp³-hybridized carbons (Fsp3) is 0. The van der Waals surface area contributed by atoms with E-state index >= 15 is 0 Å². The third-order valence-corrected chi connectivity index (χ3v) is 3.32. The van der Waals surface area contributed by atoms with Crippen molar-refractivity contribution in [3.63, 3.8) is 0 Å². The van der Waals surface area contributed by atoms with E-state index in [0.717, 1.165) is 4.57 Å². The molecule has 0 spiro atoms. The molecule has 0 atom stereocenters. The third-order valence-electron chi connectivity index (χ3n) is 3.00. The number of nitrogens with zero attached hydrogens (tertiary/aromatic N) is 1. The van der Waals surface area contributed by atoms with Gasteiger partial charge in [-0.2, -0.15) is 0 Å². The first-order chi connectivity index (χ1) is 9.59. The molecule has 3 rings (SSSR count). The largest absolute Gasteiger partial charge is 0.506 e. The van der Waals surface area contributed by atoms with Gasteiger partial charge in [0, 0.05) is 0 Å². The van der Waals surface area contributed by atoms with E-state index in [1.807, 2.05) is 0 Å². The molecule has 0 saturated carbocycles. The van der Waals surface area contributed by atoms with E-state index in [1.54, 1.807) is 30.3 Å². The van der Waals surface area contributed by atoms with E-state index in [0.29, 0.717) is 5.02 Å². The van der Waals surface area contributed by atoms with Crippen LogP contribution in [0.5, 0.6) is 5.75 Å². The Kier molecular flexibility index (Phi) is 2.84. The van der Waals surface area contributed by atoms with Crippen LogP contribution in [-0.4, -0.2) is 14.7 Å². The van der Waals surface area contributed by atoms with E-state index in [-0.39, 0.29) is 22.3 Å². The Balaban J connectivity index is 2.48. The summed E-state index contributed by atoms with van der Waals surface area (Å²) in [5.41, 5.74) is -0.777. The summed E-state index contributed by atoms with van der Waals surface area (Å²) in [7, 11) is 0. The van der Waals surface area contributed by atoms with E-state index in [9.17, 15) is 14.7 Å². The van der Waals surface area contributed by atoms with Crippen LogP contribution in [0.3, 0.4) is 0 Å². The molecule has 100 valence electrons. The number of para-hydroxylation sites is 3. The maximum absolute atomic E-state index is 12.4. The molecule has 0 fully saturated rings. The molecule has 0 aliphatic rings. The molecule has 3 aromatic rings. The Bertz CT molecular complexity index is 928. The molecule has 0 unspecified atom stereocenters. The molecule has 0 amide bonds. The van der Waals surface area contributed by atoms with Gasteiger partial charge in [-0.1, -0.05) is 29.8 Å². The lowest BCUT2D eigenvalue weighted by Gasteiger charge is -2.08. The molecule has 2 aromatic carbocycles. The highest BCUT2D eigenvalue weighted by atomic mass is 35.5. The molecule has 6 heteroatoms. The third kappa shape index (κ3) is 1.80. The molecular formula is C14H9ClN2O3. The Morgan fingerprint density at radius 3 is 2.55 bits per heavy atom. The summed E-state index contributed by atoms with van der Waals surface area (Å²) in [4.78, 5) is 27.1. The molecule has 0 aliphatic carbocycles. The second-order valence-electron chi connectivity index (χ2n) is 4.22. The van der Waals surface area contributed by atoms with E-state index < -0.39 is 11.2 Å². The SMILES string of the molecule is O=c1[nH]c2c(Cl)cccc2c(=O)n1-c1ccccc1O. The number of benzene rings is 2. The Morgan fingerprint density at radius 1 is 1.05 bits per heavy atom. The average molecular weight is 289 g/mol. The molecule has 0 bridgehead atoms. The summed E-state index contributed by atoms with van der Waals surface area (Å²) in [6.45, 7) is 0. The predicted octanol–water partition coefficient (Wildman–Crippen LogP) is 2.04. The zero-order chi connectivity index (χ0) is 14.3. The summed E-state index contributed by atoms with van der Waals surface area (Å²) >= 11 is 5.96. The maximum Gasteiger partial charge on any atom is 0.333 e. The highest BCUT2D eigenvalue weighted by Crippen LogP contribution is 2.20. The van der Waals surface area contributed by atoms with Crippen molar-refractivity contribution in [1.29, 1.82) is 0 Å². The number of phenolic OH excluding ortho intramolecular Hbond substituents is 1. The zero-order valence-electron chi connectivity index (χ0n) is 10.1. The van der Waals surface area contributed by atoms with Gasteiger partial charge in [0.2, 0.25) is 0 Å². The minimum Gasteiger partial charge on any atom is -0.506 e. The van der Waals surface area contributed by atoms with Crippen molar-refractivity contribution in [3.8, 4) is 11.4 Å². The van der Waals surface area contributed by atoms with Crippen LogP contribution in [0.1, 0.15) is 0 Å². The Hall–Kier alpha value is -2.53. The smallest absolute Gasteiger partial charge is 0.333 e. The summed E-state index contributed by atoms with van der Waals surface area (Å²) in [6.07, 6.45) is 0. The molecule has 1 aromatic heterocycles. The van der Waals surface area contributed by atoms with Crippen molar-refractivity contribution in [1.82, 2.24) is 9.55 Å². The summed E-state index contributed by atoms with van der Waals surface area (Å²) in [5.74, 6) is -0.151. The van der Waals surface area contributed by atoms with Crippen molar-refractivity contribution in [2.24, 2.45) is 0 Å². The minimum atomic E-state index is -0.655. The number of nitrogens with one attached hydrogen (secondary N) is 1. The maximum atomic E-state index is 12.4. The predicted molar refractivity (Wildman–Crippen MR) is 76.8 cm³/mol. The van der Waals surface area contributed by atoms with Gasteiger partial charge >= 0.3 is 5.69 Å². The fourth-order valence-electron chi connectivity index (χ4n) is 2.08. The van der Waals surface area contributed by atoms with Crippen LogP contribution in [0.2, 0.25) is 5.02 Å². The molecule has 0 radical (unpaired) electrons. The average Bonchev–Trinajstić information content (AvgIpc) is 2.42. The zero-order valence-corrected chi connectivity index (χ0v) is 10.9. The topological polar surface area (TPSA) is 75.1 Å². The van der Waals surface area contributed by atoms with Crippen LogP contribution < -0.4 is 11.2 Å². The minimum absolute atomic E-state index is 0.126. The summed E-state index contributed by atoms with van der Waals surface area (Å²) < 4.78 is 0.883. The number of rotatable bonds is 1. The second kappa shape index (κ2) is 4.54. The van der Waals surface area contributed by atoms with Crippen LogP contribution >= 0.6 is 11.6 Å². The van der Waals surface area contributed by atoms with Gasteiger partial charge in [-0.3, -0.25) is 4.79 Å². The number of aromatic amines is 1.